The van der Waals surface area contributed by atoms with E-state index in [1.165, 1.54) is 25.0 Å². The number of non-ortho nitro benzene ring substituents is 1. The molecule has 0 radical (unpaired) electrons. The highest BCUT2D eigenvalue weighted by atomic mass is 35.5. The van der Waals surface area contributed by atoms with E-state index >= 15 is 0 Å². The van der Waals surface area contributed by atoms with Crippen molar-refractivity contribution in [1.82, 2.24) is 4.90 Å². The normalized spacial score (nSPS) is 29.4. The van der Waals surface area contributed by atoms with Crippen molar-refractivity contribution in [3.63, 3.8) is 0 Å². The molecule has 3 rings (SSSR count). The van der Waals surface area contributed by atoms with Crippen LogP contribution in [-0.2, 0) is 0 Å². The zero-order valence-electron chi connectivity index (χ0n) is 11.3. The standard InChI is InChI=1S/C14H17ClN2O3/c1-16-9-2-3-10(16)7-12(6-9)20-14-5-4-11(17(18)19)8-13(14)15/h4-5,8-10,12H,2-3,6-7H2,1H3/t9-,10+,12-. The molecule has 0 aromatic heterocycles. The summed E-state index contributed by atoms with van der Waals surface area (Å²) in [6, 6.07) is 5.57. The average Bonchev–Trinajstić information content (AvgIpc) is 2.64. The zero-order chi connectivity index (χ0) is 14.3. The zero-order valence-corrected chi connectivity index (χ0v) is 12.0. The van der Waals surface area contributed by atoms with Crippen LogP contribution in [0.5, 0.6) is 5.75 Å². The molecule has 2 heterocycles. The number of piperidine rings is 1. The third-order valence-corrected chi connectivity index (χ3v) is 4.77. The summed E-state index contributed by atoms with van der Waals surface area (Å²) in [6.07, 6.45) is 4.62. The highest BCUT2D eigenvalue weighted by Gasteiger charge is 2.39. The Morgan fingerprint density at radius 1 is 1.35 bits per heavy atom. The van der Waals surface area contributed by atoms with E-state index in [1.54, 1.807) is 6.07 Å². The molecule has 0 spiro atoms. The number of nitro groups is 1. The van der Waals surface area contributed by atoms with E-state index in [0.717, 1.165) is 12.8 Å². The monoisotopic (exact) mass is 296 g/mol. The molecule has 1 aromatic rings. The maximum atomic E-state index is 10.7. The molecule has 2 bridgehead atoms. The van der Waals surface area contributed by atoms with Gasteiger partial charge in [-0.15, -0.1) is 0 Å². The second-order valence-electron chi connectivity index (χ2n) is 5.63. The van der Waals surface area contributed by atoms with Gasteiger partial charge in [0.25, 0.3) is 5.69 Å². The maximum absolute atomic E-state index is 10.7. The Bertz CT molecular complexity index is 523. The molecule has 6 heteroatoms. The Hall–Kier alpha value is -1.33. The molecule has 2 aliphatic rings. The van der Waals surface area contributed by atoms with Gasteiger partial charge in [0.15, 0.2) is 0 Å². The molecular weight excluding hydrogens is 280 g/mol. The van der Waals surface area contributed by atoms with E-state index in [2.05, 4.69) is 11.9 Å². The summed E-state index contributed by atoms with van der Waals surface area (Å²) >= 11 is 6.07. The van der Waals surface area contributed by atoms with E-state index in [4.69, 9.17) is 16.3 Å². The number of nitro benzene ring substituents is 1. The van der Waals surface area contributed by atoms with Crippen molar-refractivity contribution >= 4 is 17.3 Å². The second-order valence-corrected chi connectivity index (χ2v) is 6.04. The lowest BCUT2D eigenvalue weighted by atomic mass is 10.0. The summed E-state index contributed by atoms with van der Waals surface area (Å²) < 4.78 is 5.97. The number of benzene rings is 1. The average molecular weight is 297 g/mol. The Morgan fingerprint density at radius 2 is 2.00 bits per heavy atom. The predicted octanol–water partition coefficient (Wildman–Crippen LogP) is 3.25. The first kappa shape index (κ1) is 13.6. The summed E-state index contributed by atoms with van der Waals surface area (Å²) in [5, 5.41) is 11.0. The van der Waals surface area contributed by atoms with E-state index in [-0.39, 0.29) is 11.8 Å². The minimum absolute atomic E-state index is 0.00852. The molecular formula is C14H17ClN2O3. The molecule has 0 aliphatic carbocycles. The highest BCUT2D eigenvalue weighted by Crippen LogP contribution is 2.37. The summed E-state index contributed by atoms with van der Waals surface area (Å²) in [6.45, 7) is 0. The Kier molecular flexibility index (Phi) is 3.56. The van der Waals surface area contributed by atoms with Gasteiger partial charge in [-0.1, -0.05) is 11.6 Å². The first-order valence-electron chi connectivity index (χ1n) is 6.87. The fraction of sp³-hybridized carbons (Fsp3) is 0.571. The molecule has 2 saturated heterocycles. The predicted molar refractivity (Wildman–Crippen MR) is 76.3 cm³/mol. The van der Waals surface area contributed by atoms with Crippen molar-refractivity contribution in [2.45, 2.75) is 43.9 Å². The van der Waals surface area contributed by atoms with Crippen molar-refractivity contribution in [1.29, 1.82) is 0 Å². The van der Waals surface area contributed by atoms with Crippen LogP contribution in [0.4, 0.5) is 5.69 Å². The van der Waals surface area contributed by atoms with Gasteiger partial charge in [-0.3, -0.25) is 10.1 Å². The largest absolute Gasteiger partial charge is 0.489 e. The molecule has 0 unspecified atom stereocenters. The summed E-state index contributed by atoms with van der Waals surface area (Å²) in [5.74, 6) is 0.547. The lowest BCUT2D eigenvalue weighted by molar-refractivity contribution is -0.384. The van der Waals surface area contributed by atoms with Crippen molar-refractivity contribution in [2.24, 2.45) is 0 Å². The van der Waals surface area contributed by atoms with Crippen LogP contribution in [0, 0.1) is 10.1 Å². The van der Waals surface area contributed by atoms with Crippen LogP contribution in [0.1, 0.15) is 25.7 Å². The van der Waals surface area contributed by atoms with Crippen molar-refractivity contribution < 1.29 is 9.66 Å². The van der Waals surface area contributed by atoms with E-state index in [0.29, 0.717) is 22.9 Å². The summed E-state index contributed by atoms with van der Waals surface area (Å²) in [4.78, 5) is 12.7. The van der Waals surface area contributed by atoms with Crippen LogP contribution in [0.25, 0.3) is 0 Å². The van der Waals surface area contributed by atoms with E-state index in [1.807, 2.05) is 0 Å². The fourth-order valence-electron chi connectivity index (χ4n) is 3.34. The maximum Gasteiger partial charge on any atom is 0.271 e. The third kappa shape index (κ3) is 2.47. The van der Waals surface area contributed by atoms with E-state index in [9.17, 15) is 10.1 Å². The molecule has 20 heavy (non-hydrogen) atoms. The van der Waals surface area contributed by atoms with Gasteiger partial charge >= 0.3 is 0 Å². The quantitative estimate of drug-likeness (QED) is 0.634. The van der Waals surface area contributed by atoms with Crippen LogP contribution in [0.2, 0.25) is 5.02 Å². The SMILES string of the molecule is CN1[C@@H]2CC[C@H]1C[C@H](Oc1ccc([N+](=O)[O-])cc1Cl)C2. The molecule has 1 aromatic carbocycles. The van der Waals surface area contributed by atoms with Gasteiger partial charge in [-0.25, -0.2) is 0 Å². The van der Waals surface area contributed by atoms with Crippen molar-refractivity contribution in [3.8, 4) is 5.75 Å². The first-order chi connectivity index (χ1) is 9.54. The van der Waals surface area contributed by atoms with Crippen LogP contribution in [0.3, 0.4) is 0 Å². The molecule has 5 nitrogen and oxygen atoms in total. The highest BCUT2D eigenvalue weighted by molar-refractivity contribution is 6.32. The van der Waals surface area contributed by atoms with Gasteiger partial charge in [0.1, 0.15) is 11.9 Å². The Balaban J connectivity index is 1.71. The van der Waals surface area contributed by atoms with Crippen molar-refractivity contribution in [2.75, 3.05) is 7.05 Å². The van der Waals surface area contributed by atoms with Gasteiger partial charge in [0, 0.05) is 24.2 Å². The number of halogens is 1. The smallest absolute Gasteiger partial charge is 0.271 e. The number of fused-ring (bicyclic) bond motifs is 2. The molecule has 0 saturated carbocycles. The van der Waals surface area contributed by atoms with Crippen LogP contribution in [0.15, 0.2) is 18.2 Å². The lowest BCUT2D eigenvalue weighted by Gasteiger charge is -2.36. The summed E-state index contributed by atoms with van der Waals surface area (Å²) in [5.41, 5.74) is -0.00852. The van der Waals surface area contributed by atoms with Crippen LogP contribution < -0.4 is 4.74 Å². The van der Waals surface area contributed by atoms with Crippen molar-refractivity contribution in [3.05, 3.63) is 33.3 Å². The molecule has 108 valence electrons. The van der Waals surface area contributed by atoms with Crippen LogP contribution in [-0.4, -0.2) is 35.1 Å². The minimum Gasteiger partial charge on any atom is -0.489 e. The van der Waals surface area contributed by atoms with Gasteiger partial charge in [-0.2, -0.15) is 0 Å². The number of nitrogens with zero attached hydrogens (tertiary/aromatic N) is 2. The molecule has 2 fully saturated rings. The summed E-state index contributed by atoms with van der Waals surface area (Å²) in [7, 11) is 2.18. The molecule has 0 amide bonds. The topological polar surface area (TPSA) is 55.6 Å². The third-order valence-electron chi connectivity index (χ3n) is 4.47. The van der Waals surface area contributed by atoms with Crippen LogP contribution >= 0.6 is 11.6 Å². The van der Waals surface area contributed by atoms with Gasteiger partial charge in [0.05, 0.1) is 9.95 Å². The van der Waals surface area contributed by atoms with E-state index < -0.39 is 4.92 Å². The second kappa shape index (κ2) is 5.22. The van der Waals surface area contributed by atoms with Gasteiger partial charge < -0.3 is 9.64 Å². The lowest BCUT2D eigenvalue weighted by Crippen LogP contribution is -2.43. The number of hydrogen-bond acceptors (Lipinski definition) is 4. The number of ether oxygens (including phenoxy) is 1. The first-order valence-corrected chi connectivity index (χ1v) is 7.25. The molecule has 0 N–H and O–H groups in total. The number of hydrogen-bond donors (Lipinski definition) is 0. The minimum atomic E-state index is -0.453. The number of rotatable bonds is 3. The molecule has 3 atom stereocenters. The Morgan fingerprint density at radius 3 is 2.55 bits per heavy atom. The Labute approximate surface area is 122 Å². The van der Waals surface area contributed by atoms with Gasteiger partial charge in [0.2, 0.25) is 0 Å². The molecule has 2 aliphatic heterocycles. The fourth-order valence-corrected chi connectivity index (χ4v) is 3.56. The van der Waals surface area contributed by atoms with Gasteiger partial charge in [-0.05, 0) is 38.8 Å².